The van der Waals surface area contributed by atoms with E-state index in [2.05, 4.69) is 19.2 Å². The molecule has 0 rings (SSSR count). The van der Waals surface area contributed by atoms with E-state index in [1.165, 1.54) is 283 Å². The van der Waals surface area contributed by atoms with Crippen LogP contribution in [-0.4, -0.2) is 46.1 Å². The average Bonchev–Trinajstić information content (AvgIpc) is 3.29. The van der Waals surface area contributed by atoms with E-state index in [0.29, 0.717) is 12.8 Å². The first-order valence-corrected chi connectivity index (χ1v) is 29.3. The molecule has 0 aliphatic carbocycles. The van der Waals surface area contributed by atoms with Gasteiger partial charge in [-0.25, -0.2) is 0 Å². The van der Waals surface area contributed by atoms with E-state index in [-0.39, 0.29) is 12.5 Å². The summed E-state index contributed by atoms with van der Waals surface area (Å²) in [6.45, 7) is 4.23. The van der Waals surface area contributed by atoms with Crippen LogP contribution in [0.2, 0.25) is 0 Å². The summed E-state index contributed by atoms with van der Waals surface area (Å²) in [7, 11) is 0. The number of hydrogen-bond donors (Lipinski definition) is 4. The molecule has 3 atom stereocenters. The van der Waals surface area contributed by atoms with Crippen molar-refractivity contribution in [2.75, 3.05) is 6.61 Å². The molecule has 378 valence electrons. The highest BCUT2D eigenvalue weighted by Crippen LogP contribution is 2.19. The number of aliphatic hydroxyl groups is 3. The maximum Gasteiger partial charge on any atom is 0.220 e. The molecule has 0 bridgehead atoms. The molecule has 1 amide bonds. The van der Waals surface area contributed by atoms with Crippen LogP contribution >= 0.6 is 0 Å². The number of carbonyl (C=O) groups excluding carboxylic acids is 1. The van der Waals surface area contributed by atoms with Crippen LogP contribution in [0.3, 0.4) is 0 Å². The number of amides is 1. The van der Waals surface area contributed by atoms with Crippen molar-refractivity contribution in [1.29, 1.82) is 0 Å². The molecule has 0 saturated carbocycles. The van der Waals surface area contributed by atoms with Gasteiger partial charge in [-0.3, -0.25) is 4.79 Å². The maximum absolute atomic E-state index is 12.5. The fourth-order valence-electron chi connectivity index (χ4n) is 9.70. The van der Waals surface area contributed by atoms with Crippen LogP contribution < -0.4 is 5.32 Å². The predicted octanol–water partition coefficient (Wildman–Crippen LogP) is 18.1. The lowest BCUT2D eigenvalue weighted by Gasteiger charge is -2.26. The summed E-state index contributed by atoms with van der Waals surface area (Å²) in [5, 5.41) is 33.8. The van der Waals surface area contributed by atoms with Gasteiger partial charge >= 0.3 is 0 Å². The molecule has 0 aliphatic rings. The quantitative estimate of drug-likeness (QED) is 0.0458. The fourth-order valence-corrected chi connectivity index (χ4v) is 9.70. The summed E-state index contributed by atoms with van der Waals surface area (Å²) >= 11 is 0. The molecule has 0 saturated heterocycles. The van der Waals surface area contributed by atoms with Crippen LogP contribution in [0.1, 0.15) is 341 Å². The summed E-state index contributed by atoms with van der Waals surface area (Å²) in [6, 6.07) is -0.805. The van der Waals surface area contributed by atoms with Gasteiger partial charge in [0, 0.05) is 6.42 Å². The van der Waals surface area contributed by atoms with Crippen molar-refractivity contribution >= 4 is 5.91 Å². The molecule has 63 heavy (non-hydrogen) atoms. The van der Waals surface area contributed by atoms with Gasteiger partial charge in [0.15, 0.2) is 0 Å². The Balaban J connectivity index is 3.48. The van der Waals surface area contributed by atoms with Gasteiger partial charge in [0.05, 0.1) is 18.8 Å². The highest BCUT2D eigenvalue weighted by atomic mass is 16.3. The Morgan fingerprint density at radius 3 is 0.762 bits per heavy atom. The Bertz CT molecular complexity index is 853. The summed E-state index contributed by atoms with van der Waals surface area (Å²) in [4.78, 5) is 12.5. The summed E-state index contributed by atoms with van der Waals surface area (Å²) in [6.07, 6.45) is 65.5. The van der Waals surface area contributed by atoms with E-state index < -0.39 is 18.2 Å². The lowest BCUT2D eigenvalue weighted by molar-refractivity contribution is -0.124. The number of unbranched alkanes of at least 4 members (excludes halogenated alkanes) is 47. The SMILES string of the molecule is CCCCCCCCCCCCCCCCCCCCCCCCCCCC(=O)NC(CO)C(O)C(O)CCCCCCCCCCCCCCCCCCCCCCCCCC. The Morgan fingerprint density at radius 2 is 0.540 bits per heavy atom. The summed E-state index contributed by atoms with van der Waals surface area (Å²) in [5.41, 5.74) is 0. The number of aliphatic hydroxyl groups excluding tert-OH is 3. The van der Waals surface area contributed by atoms with Gasteiger partial charge in [-0.2, -0.15) is 0 Å². The van der Waals surface area contributed by atoms with Crippen LogP contribution in [0.25, 0.3) is 0 Å². The molecular weight excluding hydrogens is 775 g/mol. The minimum Gasteiger partial charge on any atom is -0.394 e. The van der Waals surface area contributed by atoms with Crippen molar-refractivity contribution < 1.29 is 20.1 Å². The number of rotatable bonds is 55. The zero-order valence-corrected chi connectivity index (χ0v) is 43.3. The van der Waals surface area contributed by atoms with Crippen LogP contribution in [0.15, 0.2) is 0 Å². The number of hydrogen-bond acceptors (Lipinski definition) is 4. The summed E-state index contributed by atoms with van der Waals surface area (Å²) < 4.78 is 0. The third-order valence-corrected chi connectivity index (χ3v) is 14.2. The third-order valence-electron chi connectivity index (χ3n) is 14.2. The van der Waals surface area contributed by atoms with Gasteiger partial charge in [0.2, 0.25) is 5.91 Å². The second-order valence-electron chi connectivity index (χ2n) is 20.6. The smallest absolute Gasteiger partial charge is 0.220 e. The number of nitrogens with one attached hydrogen (secondary N) is 1. The van der Waals surface area contributed by atoms with E-state index in [0.717, 1.165) is 32.1 Å². The first-order valence-electron chi connectivity index (χ1n) is 29.3. The average molecular weight is 893 g/mol. The minimum atomic E-state index is -1.13. The summed E-state index contributed by atoms with van der Waals surface area (Å²) in [5.74, 6) is -0.135. The lowest BCUT2D eigenvalue weighted by atomic mass is 9.99. The normalized spacial score (nSPS) is 13.2. The van der Waals surface area contributed by atoms with Gasteiger partial charge in [0.25, 0.3) is 0 Å². The van der Waals surface area contributed by atoms with E-state index in [1.54, 1.807) is 0 Å². The first-order chi connectivity index (χ1) is 31.1. The van der Waals surface area contributed by atoms with Gasteiger partial charge in [-0.1, -0.05) is 322 Å². The first kappa shape index (κ1) is 62.4. The second-order valence-corrected chi connectivity index (χ2v) is 20.6. The molecular formula is C58H117NO4. The van der Waals surface area contributed by atoms with Crippen molar-refractivity contribution in [3.8, 4) is 0 Å². The molecule has 0 radical (unpaired) electrons. The van der Waals surface area contributed by atoms with Crippen molar-refractivity contribution in [2.45, 2.75) is 360 Å². The molecule has 0 aromatic heterocycles. The molecule has 0 heterocycles. The monoisotopic (exact) mass is 892 g/mol. The zero-order valence-electron chi connectivity index (χ0n) is 43.3. The Morgan fingerprint density at radius 1 is 0.333 bits per heavy atom. The van der Waals surface area contributed by atoms with Crippen molar-refractivity contribution in [1.82, 2.24) is 5.32 Å². The highest BCUT2D eigenvalue weighted by Gasteiger charge is 2.26. The van der Waals surface area contributed by atoms with Crippen LogP contribution in [0.5, 0.6) is 0 Å². The van der Waals surface area contributed by atoms with Gasteiger partial charge in [0.1, 0.15) is 6.10 Å². The zero-order chi connectivity index (χ0) is 45.8. The van der Waals surface area contributed by atoms with Gasteiger partial charge in [-0.05, 0) is 12.8 Å². The van der Waals surface area contributed by atoms with Crippen LogP contribution in [0, 0.1) is 0 Å². The van der Waals surface area contributed by atoms with Crippen molar-refractivity contribution in [3.63, 3.8) is 0 Å². The molecule has 5 heteroatoms. The van der Waals surface area contributed by atoms with Crippen molar-refractivity contribution in [2.24, 2.45) is 0 Å². The van der Waals surface area contributed by atoms with Crippen molar-refractivity contribution in [3.05, 3.63) is 0 Å². The molecule has 3 unspecified atom stereocenters. The van der Waals surface area contributed by atoms with E-state index in [9.17, 15) is 20.1 Å². The predicted molar refractivity (Wildman–Crippen MR) is 278 cm³/mol. The Labute approximate surface area is 396 Å². The molecule has 0 aromatic rings. The topological polar surface area (TPSA) is 89.8 Å². The van der Waals surface area contributed by atoms with E-state index in [4.69, 9.17) is 0 Å². The van der Waals surface area contributed by atoms with Crippen LogP contribution in [-0.2, 0) is 4.79 Å². The van der Waals surface area contributed by atoms with E-state index in [1.807, 2.05) is 0 Å². The third kappa shape index (κ3) is 49.1. The number of carbonyl (C=O) groups is 1. The molecule has 0 aromatic carbocycles. The largest absolute Gasteiger partial charge is 0.394 e. The standard InChI is InChI=1S/C58H117NO4/c1-3-5-7-9-11-13-15-17-19-21-23-25-27-29-31-33-35-37-39-41-43-45-47-49-51-53-57(62)59-55(54-60)58(63)56(61)52-50-48-46-44-42-40-38-36-34-32-30-28-26-24-22-20-18-16-14-12-10-8-6-4-2/h55-56,58,60-61,63H,3-54H2,1-2H3,(H,59,62). The fraction of sp³-hybridized carbons (Fsp3) is 0.983. The molecule has 0 spiro atoms. The van der Waals surface area contributed by atoms with E-state index >= 15 is 0 Å². The Hall–Kier alpha value is -0.650. The van der Waals surface area contributed by atoms with Gasteiger partial charge < -0.3 is 20.6 Å². The lowest BCUT2D eigenvalue weighted by Crippen LogP contribution is -2.50. The van der Waals surface area contributed by atoms with Gasteiger partial charge in [-0.15, -0.1) is 0 Å². The molecule has 5 nitrogen and oxygen atoms in total. The second kappa shape index (κ2) is 54.0. The van der Waals surface area contributed by atoms with Crippen LogP contribution in [0.4, 0.5) is 0 Å². The minimum absolute atomic E-state index is 0.135. The molecule has 0 fully saturated rings. The maximum atomic E-state index is 12.5. The molecule has 4 N–H and O–H groups in total. The Kier molecular flexibility index (Phi) is 53.4. The highest BCUT2D eigenvalue weighted by molar-refractivity contribution is 5.76. The molecule has 0 aliphatic heterocycles.